The number of aliphatic imine (C=N–C) groups is 2. The van der Waals surface area contributed by atoms with Crippen LogP contribution in [0.2, 0.25) is 5.02 Å². The van der Waals surface area contributed by atoms with Gasteiger partial charge in [0.25, 0.3) is 0 Å². The third kappa shape index (κ3) is 6.00. The van der Waals surface area contributed by atoms with Gasteiger partial charge >= 0.3 is 5.97 Å². The van der Waals surface area contributed by atoms with Gasteiger partial charge < -0.3 is 10.1 Å². The summed E-state index contributed by atoms with van der Waals surface area (Å²) in [6.45, 7) is 5.15. The van der Waals surface area contributed by atoms with Gasteiger partial charge in [-0.2, -0.15) is 0 Å². The van der Waals surface area contributed by atoms with E-state index in [4.69, 9.17) is 27.9 Å². The van der Waals surface area contributed by atoms with E-state index in [2.05, 4.69) is 22.0 Å². The van der Waals surface area contributed by atoms with Crippen LogP contribution in [0.5, 0.6) is 0 Å². The number of carbonyl (C=O) groups is 1. The van der Waals surface area contributed by atoms with Gasteiger partial charge in [0.2, 0.25) is 0 Å². The van der Waals surface area contributed by atoms with E-state index in [1.807, 2.05) is 0 Å². The Hall–Kier alpha value is -1.92. The Morgan fingerprint density at radius 2 is 2.26 bits per heavy atom. The van der Waals surface area contributed by atoms with Crippen molar-refractivity contribution < 1.29 is 13.9 Å². The van der Waals surface area contributed by atoms with Gasteiger partial charge in [0.1, 0.15) is 17.2 Å². The number of carbonyl (C=O) groups excluding carboxylic acids is 1. The summed E-state index contributed by atoms with van der Waals surface area (Å²) in [6, 6.07) is 4.25. The number of alkyl halides is 1. The number of hydrogen-bond acceptors (Lipinski definition) is 4. The molecule has 0 spiro atoms. The van der Waals surface area contributed by atoms with Gasteiger partial charge in [-0.15, -0.1) is 11.6 Å². The smallest absolute Gasteiger partial charge is 0.343 e. The molecule has 1 aromatic carbocycles. The number of rotatable bonds is 7. The quantitative estimate of drug-likeness (QED) is 0.203. The molecule has 1 aromatic rings. The molecule has 0 aromatic heterocycles. The fourth-order valence-electron chi connectivity index (χ4n) is 1.62. The monoisotopic (exact) mass is 359 g/mol. The summed E-state index contributed by atoms with van der Waals surface area (Å²) in [5.74, 6) is -0.983. The van der Waals surface area contributed by atoms with Crippen LogP contribution in [0.3, 0.4) is 0 Å². The van der Waals surface area contributed by atoms with Crippen LogP contribution in [0.4, 0.5) is 4.39 Å². The van der Waals surface area contributed by atoms with Crippen LogP contribution in [0.15, 0.2) is 40.0 Å². The SMILES string of the molecule is C=N/C=C(/C(=O)OCC)C(=NCc1ccc(Cl)cc1F)NCCl. The predicted octanol–water partition coefficient (Wildman–Crippen LogP) is 3.31. The number of nitrogens with one attached hydrogen (secondary N) is 1. The number of ether oxygens (including phenoxy) is 1. The number of amidine groups is 1. The fourth-order valence-corrected chi connectivity index (χ4v) is 1.91. The zero-order chi connectivity index (χ0) is 17.2. The molecule has 0 saturated carbocycles. The molecule has 124 valence electrons. The van der Waals surface area contributed by atoms with Crippen molar-refractivity contribution in [2.24, 2.45) is 9.98 Å². The van der Waals surface area contributed by atoms with E-state index in [1.165, 1.54) is 18.3 Å². The van der Waals surface area contributed by atoms with Crippen molar-refractivity contribution in [2.75, 3.05) is 12.6 Å². The van der Waals surface area contributed by atoms with Gasteiger partial charge in [0.05, 0.1) is 19.2 Å². The molecule has 1 rings (SSSR count). The van der Waals surface area contributed by atoms with Crippen LogP contribution in [0, 0.1) is 5.82 Å². The first-order valence-electron chi connectivity index (χ1n) is 6.65. The van der Waals surface area contributed by atoms with Crippen LogP contribution < -0.4 is 5.32 Å². The van der Waals surface area contributed by atoms with Gasteiger partial charge in [-0.3, -0.25) is 9.98 Å². The minimum Gasteiger partial charge on any atom is -0.462 e. The summed E-state index contributed by atoms with van der Waals surface area (Å²) in [6.07, 6.45) is 1.20. The van der Waals surface area contributed by atoms with Gasteiger partial charge in [0, 0.05) is 16.8 Å². The second-order valence-electron chi connectivity index (χ2n) is 4.16. The zero-order valence-electron chi connectivity index (χ0n) is 12.5. The average Bonchev–Trinajstić information content (AvgIpc) is 2.51. The molecule has 0 heterocycles. The lowest BCUT2D eigenvalue weighted by Crippen LogP contribution is -2.29. The van der Waals surface area contributed by atoms with E-state index >= 15 is 0 Å². The van der Waals surface area contributed by atoms with Gasteiger partial charge in [-0.1, -0.05) is 17.7 Å². The van der Waals surface area contributed by atoms with E-state index in [1.54, 1.807) is 13.0 Å². The third-order valence-electron chi connectivity index (χ3n) is 2.63. The highest BCUT2D eigenvalue weighted by Gasteiger charge is 2.17. The van der Waals surface area contributed by atoms with Gasteiger partial charge in [0.15, 0.2) is 0 Å². The Kier molecular flexibility index (Phi) is 8.29. The molecule has 23 heavy (non-hydrogen) atoms. The van der Waals surface area contributed by atoms with Crippen molar-refractivity contribution in [3.05, 3.63) is 46.4 Å². The number of halogens is 3. The van der Waals surface area contributed by atoms with Crippen LogP contribution in [0.25, 0.3) is 0 Å². The number of hydrogen-bond donors (Lipinski definition) is 1. The summed E-state index contributed by atoms with van der Waals surface area (Å²) in [5, 5.41) is 3.01. The second kappa shape index (κ2) is 9.97. The molecule has 0 unspecified atom stereocenters. The molecule has 1 N–H and O–H groups in total. The molecule has 0 saturated heterocycles. The summed E-state index contributed by atoms with van der Waals surface area (Å²) in [4.78, 5) is 19.7. The zero-order valence-corrected chi connectivity index (χ0v) is 14.0. The standard InChI is InChI=1S/C15H16Cl2FN3O2/c1-3-23-15(22)12(8-19-2)14(21-9-16)20-7-10-4-5-11(17)6-13(10)18/h4-6,8H,2-3,7,9H2,1H3,(H,20,21)/b12-8+. The van der Waals surface area contributed by atoms with Crippen molar-refractivity contribution >= 4 is 41.7 Å². The van der Waals surface area contributed by atoms with Crippen molar-refractivity contribution in [2.45, 2.75) is 13.5 Å². The Balaban J connectivity index is 3.09. The van der Waals surface area contributed by atoms with Crippen molar-refractivity contribution in [3.8, 4) is 0 Å². The lowest BCUT2D eigenvalue weighted by molar-refractivity contribution is -0.137. The van der Waals surface area contributed by atoms with Crippen LogP contribution >= 0.6 is 23.2 Å². The van der Waals surface area contributed by atoms with Crippen LogP contribution in [0.1, 0.15) is 12.5 Å². The van der Waals surface area contributed by atoms with E-state index < -0.39 is 11.8 Å². The van der Waals surface area contributed by atoms with E-state index in [9.17, 15) is 9.18 Å². The maximum atomic E-state index is 13.8. The minimum absolute atomic E-state index is 0.00415. The molecule has 0 amide bonds. The maximum Gasteiger partial charge on any atom is 0.343 e. The Morgan fingerprint density at radius 1 is 1.52 bits per heavy atom. The molecular formula is C15H16Cl2FN3O2. The highest BCUT2D eigenvalue weighted by atomic mass is 35.5. The molecule has 0 aliphatic heterocycles. The highest BCUT2D eigenvalue weighted by molar-refractivity contribution is 6.30. The van der Waals surface area contributed by atoms with E-state index in [0.717, 1.165) is 0 Å². The van der Waals surface area contributed by atoms with E-state index in [0.29, 0.717) is 5.56 Å². The molecule has 0 bridgehead atoms. The normalized spacial score (nSPS) is 12.0. The maximum absolute atomic E-state index is 13.8. The topological polar surface area (TPSA) is 63.0 Å². The molecular weight excluding hydrogens is 344 g/mol. The first-order valence-corrected chi connectivity index (χ1v) is 7.56. The van der Waals surface area contributed by atoms with Crippen LogP contribution in [-0.2, 0) is 16.1 Å². The second-order valence-corrected chi connectivity index (χ2v) is 4.86. The molecule has 0 aliphatic carbocycles. The highest BCUT2D eigenvalue weighted by Crippen LogP contribution is 2.15. The van der Waals surface area contributed by atoms with Crippen molar-refractivity contribution in [3.63, 3.8) is 0 Å². The lowest BCUT2D eigenvalue weighted by atomic mass is 10.2. The molecule has 0 aliphatic rings. The minimum atomic E-state index is -0.632. The Labute approximate surface area is 143 Å². The number of esters is 1. The lowest BCUT2D eigenvalue weighted by Gasteiger charge is -2.11. The number of benzene rings is 1. The van der Waals surface area contributed by atoms with Crippen molar-refractivity contribution in [1.82, 2.24) is 5.32 Å². The third-order valence-corrected chi connectivity index (χ3v) is 3.00. The van der Waals surface area contributed by atoms with Gasteiger partial charge in [-0.25, -0.2) is 9.18 Å². The Bertz CT molecular complexity index is 633. The number of nitrogens with zero attached hydrogens (tertiary/aromatic N) is 2. The summed E-state index contributed by atoms with van der Waals surface area (Å²) in [5.41, 5.74) is 0.370. The van der Waals surface area contributed by atoms with Crippen LogP contribution in [-0.4, -0.2) is 31.1 Å². The molecule has 0 radical (unpaired) electrons. The van der Waals surface area contributed by atoms with Gasteiger partial charge in [-0.05, 0) is 25.8 Å². The van der Waals surface area contributed by atoms with E-state index in [-0.39, 0.29) is 35.6 Å². The average molecular weight is 360 g/mol. The van der Waals surface area contributed by atoms with Crippen molar-refractivity contribution in [1.29, 1.82) is 0 Å². The largest absolute Gasteiger partial charge is 0.462 e. The predicted molar refractivity (Wildman–Crippen MR) is 90.7 cm³/mol. The first-order chi connectivity index (χ1) is 11.0. The summed E-state index contributed by atoms with van der Waals surface area (Å²) in [7, 11) is 0. The molecule has 5 nitrogen and oxygen atoms in total. The fraction of sp³-hybridized carbons (Fsp3) is 0.267. The Morgan fingerprint density at radius 3 is 2.83 bits per heavy atom. The molecule has 0 fully saturated rings. The molecule has 8 heteroatoms. The first kappa shape index (κ1) is 19.1. The summed E-state index contributed by atoms with van der Waals surface area (Å²) < 4.78 is 18.7. The molecule has 0 atom stereocenters. The summed E-state index contributed by atoms with van der Waals surface area (Å²) >= 11 is 11.3.